The third-order valence-corrected chi connectivity index (χ3v) is 7.07. The fourth-order valence-corrected chi connectivity index (χ4v) is 5.01. The highest BCUT2D eigenvalue weighted by atomic mass is 79.9. The van der Waals surface area contributed by atoms with Gasteiger partial charge in [0.1, 0.15) is 0 Å². The minimum Gasteiger partial charge on any atom is -0.465 e. The Morgan fingerprint density at radius 1 is 1.23 bits per heavy atom. The first-order valence-corrected chi connectivity index (χ1v) is 11.0. The summed E-state index contributed by atoms with van der Waals surface area (Å²) >= 11 is 3.58. The number of hydrogen-bond acceptors (Lipinski definition) is 5. The molecule has 2 fully saturated rings. The van der Waals surface area contributed by atoms with Crippen molar-refractivity contribution < 1.29 is 14.3 Å². The van der Waals surface area contributed by atoms with E-state index in [4.69, 9.17) is 4.42 Å². The molecule has 2 aliphatic rings. The molecule has 1 saturated heterocycles. The van der Waals surface area contributed by atoms with E-state index < -0.39 is 6.09 Å². The van der Waals surface area contributed by atoms with Crippen LogP contribution in [0.1, 0.15) is 38.3 Å². The van der Waals surface area contributed by atoms with Gasteiger partial charge in [0.25, 0.3) is 11.6 Å². The molecule has 0 unspecified atom stereocenters. The zero-order valence-corrected chi connectivity index (χ0v) is 18.6. The van der Waals surface area contributed by atoms with Crippen molar-refractivity contribution in [2.24, 2.45) is 0 Å². The van der Waals surface area contributed by atoms with Crippen LogP contribution in [-0.4, -0.2) is 50.8 Å². The van der Waals surface area contributed by atoms with Crippen molar-refractivity contribution in [2.45, 2.75) is 51.7 Å². The summed E-state index contributed by atoms with van der Waals surface area (Å²) in [5, 5.41) is 10.3. The fraction of sp³-hybridized carbons (Fsp3) is 0.476. The molecule has 3 aromatic rings. The van der Waals surface area contributed by atoms with Gasteiger partial charge in [0.15, 0.2) is 11.1 Å². The predicted molar refractivity (Wildman–Crippen MR) is 117 cm³/mol. The molecule has 1 aliphatic heterocycles. The molecule has 1 aromatic carbocycles. The molecule has 0 spiro atoms. The lowest BCUT2D eigenvalue weighted by Crippen LogP contribution is -2.58. The van der Waals surface area contributed by atoms with Crippen molar-refractivity contribution in [3.05, 3.63) is 32.5 Å². The molecule has 0 bridgehead atoms. The summed E-state index contributed by atoms with van der Waals surface area (Å²) < 4.78 is 8.99. The maximum Gasteiger partial charge on any atom is 0.407 e. The van der Waals surface area contributed by atoms with Crippen LogP contribution in [0.5, 0.6) is 0 Å². The van der Waals surface area contributed by atoms with Crippen LogP contribution in [0.4, 0.5) is 10.8 Å². The highest BCUT2D eigenvalue weighted by Gasteiger charge is 2.35. The molecule has 158 valence electrons. The van der Waals surface area contributed by atoms with Crippen LogP contribution in [-0.2, 0) is 0 Å². The topological polar surface area (TPSA) is 91.8 Å². The van der Waals surface area contributed by atoms with Crippen LogP contribution in [0.15, 0.2) is 25.8 Å². The number of carbonyl (C=O) groups is 1. The van der Waals surface area contributed by atoms with E-state index in [9.17, 15) is 14.7 Å². The number of rotatable bonds is 2. The highest BCUT2D eigenvalue weighted by Crippen LogP contribution is 2.40. The van der Waals surface area contributed by atoms with E-state index in [0.717, 1.165) is 33.8 Å². The summed E-state index contributed by atoms with van der Waals surface area (Å²) in [4.78, 5) is 32.9. The SMILES string of the molecule is Cc1c(Br)ccc2c3oc(N4C[C@@H](C)N(C(=O)O)[C@@H](C)C4)nc3c(=O)n(C3CC3)c12. The molecule has 9 heteroatoms. The van der Waals surface area contributed by atoms with Gasteiger partial charge in [-0.3, -0.25) is 9.69 Å². The maximum absolute atomic E-state index is 13.4. The van der Waals surface area contributed by atoms with Gasteiger partial charge in [0.2, 0.25) is 0 Å². The molecule has 5 rings (SSSR count). The number of nitrogens with zero attached hydrogens (tertiary/aromatic N) is 4. The lowest BCUT2D eigenvalue weighted by molar-refractivity contribution is 0.0971. The van der Waals surface area contributed by atoms with Gasteiger partial charge in [-0.15, -0.1) is 0 Å². The number of amides is 1. The Morgan fingerprint density at radius 2 is 1.90 bits per heavy atom. The van der Waals surface area contributed by atoms with Gasteiger partial charge in [-0.05, 0) is 51.3 Å². The number of fused-ring (bicyclic) bond motifs is 3. The van der Waals surface area contributed by atoms with Crippen molar-refractivity contribution in [2.75, 3.05) is 18.0 Å². The Bertz CT molecular complexity index is 1230. The number of carboxylic acid groups (broad SMARTS) is 1. The number of anilines is 1. The fourth-order valence-electron chi connectivity index (χ4n) is 4.69. The van der Waals surface area contributed by atoms with Crippen LogP contribution in [0.25, 0.3) is 22.0 Å². The van der Waals surface area contributed by atoms with Crippen LogP contribution in [0.3, 0.4) is 0 Å². The number of pyridine rings is 1. The molecule has 1 amide bonds. The second kappa shape index (κ2) is 6.73. The maximum atomic E-state index is 13.4. The number of oxazole rings is 1. The molecule has 1 aliphatic carbocycles. The number of piperazine rings is 1. The number of aryl methyl sites for hydroxylation is 1. The minimum absolute atomic E-state index is 0.124. The Hall–Kier alpha value is -2.55. The van der Waals surface area contributed by atoms with Gasteiger partial charge >= 0.3 is 6.09 Å². The Kier molecular flexibility index (Phi) is 4.36. The van der Waals surface area contributed by atoms with Crippen molar-refractivity contribution in [3.8, 4) is 0 Å². The van der Waals surface area contributed by atoms with Gasteiger partial charge < -0.3 is 19.0 Å². The van der Waals surface area contributed by atoms with Gasteiger partial charge in [0, 0.05) is 29.0 Å². The van der Waals surface area contributed by atoms with E-state index in [0.29, 0.717) is 30.2 Å². The molecule has 30 heavy (non-hydrogen) atoms. The molecular weight excluding hydrogens is 452 g/mol. The van der Waals surface area contributed by atoms with Crippen LogP contribution < -0.4 is 10.5 Å². The zero-order chi connectivity index (χ0) is 21.3. The first-order valence-electron chi connectivity index (χ1n) is 10.2. The second-order valence-electron chi connectivity index (χ2n) is 8.44. The van der Waals surface area contributed by atoms with Crippen molar-refractivity contribution in [1.82, 2.24) is 14.5 Å². The van der Waals surface area contributed by atoms with E-state index in [1.165, 1.54) is 4.90 Å². The lowest BCUT2D eigenvalue weighted by Gasteiger charge is -2.42. The van der Waals surface area contributed by atoms with E-state index in [-0.39, 0.29) is 23.7 Å². The molecule has 1 N–H and O–H groups in total. The average molecular weight is 475 g/mol. The Labute approximate surface area is 181 Å². The molecular formula is C21H23BrN4O4. The lowest BCUT2D eigenvalue weighted by atomic mass is 10.1. The van der Waals surface area contributed by atoms with Crippen LogP contribution >= 0.6 is 15.9 Å². The first kappa shape index (κ1) is 19.4. The van der Waals surface area contributed by atoms with Crippen LogP contribution in [0, 0.1) is 6.92 Å². The number of halogens is 1. The highest BCUT2D eigenvalue weighted by molar-refractivity contribution is 9.10. The summed E-state index contributed by atoms with van der Waals surface area (Å²) in [5.74, 6) is 0. The first-order chi connectivity index (χ1) is 14.3. The zero-order valence-electron chi connectivity index (χ0n) is 17.1. The number of aromatic nitrogens is 2. The average Bonchev–Trinajstić information content (AvgIpc) is 3.41. The van der Waals surface area contributed by atoms with Gasteiger partial charge in [-0.25, -0.2) is 4.79 Å². The quantitative estimate of drug-likeness (QED) is 0.600. The normalized spacial score (nSPS) is 22.3. The summed E-state index contributed by atoms with van der Waals surface area (Å²) in [6, 6.07) is 4.10. The summed E-state index contributed by atoms with van der Waals surface area (Å²) in [6.07, 6.45) is 1.05. The van der Waals surface area contributed by atoms with Crippen LogP contribution in [0.2, 0.25) is 0 Å². The summed E-state index contributed by atoms with van der Waals surface area (Å²) in [7, 11) is 0. The summed E-state index contributed by atoms with van der Waals surface area (Å²) in [6.45, 7) is 6.67. The molecule has 0 radical (unpaired) electrons. The van der Waals surface area contributed by atoms with E-state index >= 15 is 0 Å². The van der Waals surface area contributed by atoms with E-state index in [1.54, 1.807) is 0 Å². The monoisotopic (exact) mass is 474 g/mol. The largest absolute Gasteiger partial charge is 0.465 e. The molecule has 1 saturated carbocycles. The Balaban J connectivity index is 1.68. The number of benzene rings is 1. The van der Waals surface area contributed by atoms with Crippen molar-refractivity contribution in [3.63, 3.8) is 0 Å². The van der Waals surface area contributed by atoms with E-state index in [1.807, 2.05) is 42.4 Å². The molecule has 8 nitrogen and oxygen atoms in total. The standard InChI is InChI=1S/C21H23BrN4O4/c1-10-8-24(9-11(2)25(10)21(28)29)20-23-16-18(30-20)14-6-7-15(22)12(3)17(14)26(19(16)27)13-4-5-13/h6-7,10-11,13H,4-5,8-9H2,1-3H3,(H,28,29)/t10-,11+. The molecule has 3 heterocycles. The van der Waals surface area contributed by atoms with Gasteiger partial charge in [-0.2, -0.15) is 4.98 Å². The van der Waals surface area contributed by atoms with Crippen molar-refractivity contribution in [1.29, 1.82) is 0 Å². The molecule has 2 atom stereocenters. The molecule has 2 aromatic heterocycles. The third-order valence-electron chi connectivity index (χ3n) is 6.21. The minimum atomic E-state index is -0.924. The smallest absolute Gasteiger partial charge is 0.407 e. The van der Waals surface area contributed by atoms with Gasteiger partial charge in [0.05, 0.1) is 17.6 Å². The Morgan fingerprint density at radius 3 is 2.50 bits per heavy atom. The third kappa shape index (κ3) is 2.82. The van der Waals surface area contributed by atoms with E-state index in [2.05, 4.69) is 20.9 Å². The number of hydrogen-bond donors (Lipinski definition) is 1. The second-order valence-corrected chi connectivity index (χ2v) is 9.30. The van der Waals surface area contributed by atoms with Gasteiger partial charge in [-0.1, -0.05) is 15.9 Å². The summed E-state index contributed by atoms with van der Waals surface area (Å²) in [5.41, 5.74) is 2.62. The van der Waals surface area contributed by atoms with Crippen molar-refractivity contribution >= 4 is 50.0 Å². The predicted octanol–water partition coefficient (Wildman–Crippen LogP) is 4.13.